The second kappa shape index (κ2) is 5.29. The average Bonchev–Trinajstić information content (AvgIpc) is 2.83. The van der Waals surface area contributed by atoms with Gasteiger partial charge in [0.2, 0.25) is 0 Å². The molecule has 0 unspecified atom stereocenters. The lowest BCUT2D eigenvalue weighted by atomic mass is 10.0. The van der Waals surface area contributed by atoms with Crippen molar-refractivity contribution in [2.45, 2.75) is 65.4 Å². The molecule has 1 rings (SSSR count). The number of esters is 1. The lowest BCUT2D eigenvalue weighted by Crippen LogP contribution is -2.29. The Hall–Kier alpha value is -1.06. The Bertz CT molecular complexity index is 329. The molecule has 0 amide bonds. The fourth-order valence-corrected chi connectivity index (χ4v) is 2.19. The molecule has 0 heterocycles. The van der Waals surface area contributed by atoms with Gasteiger partial charge in [0.15, 0.2) is 0 Å². The van der Waals surface area contributed by atoms with Gasteiger partial charge in [0.1, 0.15) is 5.60 Å². The summed E-state index contributed by atoms with van der Waals surface area (Å²) in [6.45, 7) is 7.57. The Labute approximate surface area is 109 Å². The van der Waals surface area contributed by atoms with Crippen LogP contribution in [-0.4, -0.2) is 22.6 Å². The highest BCUT2D eigenvalue weighted by atomic mass is 16.6. The quantitative estimate of drug-likeness (QED) is 0.586. The summed E-state index contributed by atoms with van der Waals surface area (Å²) < 4.78 is 5.41. The molecular weight excluding hydrogens is 232 g/mol. The minimum atomic E-state index is -0.749. The molecule has 0 spiro atoms. The van der Waals surface area contributed by atoms with Crippen LogP contribution in [0.5, 0.6) is 0 Å². The molecule has 2 atom stereocenters. The van der Waals surface area contributed by atoms with Crippen molar-refractivity contribution in [1.29, 1.82) is 0 Å². The van der Waals surface area contributed by atoms with Crippen LogP contribution in [0.15, 0.2) is 0 Å². The summed E-state index contributed by atoms with van der Waals surface area (Å²) in [5, 5.41) is 8.54. The van der Waals surface area contributed by atoms with Crippen molar-refractivity contribution in [2.75, 3.05) is 0 Å². The largest absolute Gasteiger partial charge is 0.481 e. The van der Waals surface area contributed by atoms with E-state index in [-0.39, 0.29) is 17.8 Å². The number of rotatable bonds is 6. The predicted octanol–water partition coefficient (Wildman–Crippen LogP) is 3.00. The zero-order valence-electron chi connectivity index (χ0n) is 11.8. The summed E-state index contributed by atoms with van der Waals surface area (Å²) in [5.41, 5.74) is -0.771. The molecule has 0 bridgehead atoms. The fourth-order valence-electron chi connectivity index (χ4n) is 2.19. The summed E-state index contributed by atoms with van der Waals surface area (Å²) in [6.07, 6.45) is 3.57. The van der Waals surface area contributed by atoms with Crippen molar-refractivity contribution >= 4 is 11.9 Å². The summed E-state index contributed by atoms with van der Waals surface area (Å²) in [7, 11) is 0. The second-order valence-corrected chi connectivity index (χ2v) is 6.46. The van der Waals surface area contributed by atoms with Crippen LogP contribution in [0.25, 0.3) is 0 Å². The molecule has 104 valence electrons. The molecule has 1 N–H and O–H groups in total. The third kappa shape index (κ3) is 4.31. The Balaban J connectivity index is 2.28. The summed E-state index contributed by atoms with van der Waals surface area (Å²) >= 11 is 0. The van der Waals surface area contributed by atoms with Crippen molar-refractivity contribution in [3.05, 3.63) is 0 Å². The maximum Gasteiger partial charge on any atom is 0.312 e. The van der Waals surface area contributed by atoms with Crippen LogP contribution in [0.3, 0.4) is 0 Å². The molecule has 1 aliphatic rings. The molecule has 18 heavy (non-hydrogen) atoms. The smallest absolute Gasteiger partial charge is 0.312 e. The zero-order chi connectivity index (χ0) is 14.0. The van der Waals surface area contributed by atoms with E-state index < -0.39 is 11.6 Å². The van der Waals surface area contributed by atoms with Crippen molar-refractivity contribution < 1.29 is 19.4 Å². The molecule has 0 aromatic rings. The molecule has 0 aliphatic heterocycles. The first kappa shape index (κ1) is 15.0. The first-order chi connectivity index (χ1) is 8.15. The van der Waals surface area contributed by atoms with Gasteiger partial charge in [0.05, 0.1) is 5.41 Å². The van der Waals surface area contributed by atoms with E-state index in [9.17, 15) is 9.59 Å². The van der Waals surface area contributed by atoms with E-state index in [4.69, 9.17) is 9.84 Å². The van der Waals surface area contributed by atoms with Gasteiger partial charge in [-0.3, -0.25) is 9.59 Å². The molecule has 0 aromatic carbocycles. The molecular formula is C14H24O4. The predicted molar refractivity (Wildman–Crippen MR) is 68.2 cm³/mol. The number of hydrogen-bond acceptors (Lipinski definition) is 3. The van der Waals surface area contributed by atoms with E-state index in [1.54, 1.807) is 0 Å². The summed E-state index contributed by atoms with van der Waals surface area (Å²) in [4.78, 5) is 22.4. The van der Waals surface area contributed by atoms with E-state index in [2.05, 4.69) is 0 Å². The maximum atomic E-state index is 12.0. The minimum absolute atomic E-state index is 0.113. The fraction of sp³-hybridized carbons (Fsp3) is 0.857. The van der Waals surface area contributed by atoms with E-state index >= 15 is 0 Å². The third-order valence-corrected chi connectivity index (χ3v) is 3.47. The van der Waals surface area contributed by atoms with E-state index in [0.29, 0.717) is 12.3 Å². The summed E-state index contributed by atoms with van der Waals surface area (Å²) in [6, 6.07) is 0. The van der Waals surface area contributed by atoms with E-state index in [1.807, 2.05) is 27.7 Å². The Morgan fingerprint density at radius 1 is 1.33 bits per heavy atom. The Morgan fingerprint density at radius 3 is 2.44 bits per heavy atom. The zero-order valence-corrected chi connectivity index (χ0v) is 11.8. The van der Waals surface area contributed by atoms with Crippen LogP contribution in [0.1, 0.15) is 59.8 Å². The third-order valence-electron chi connectivity index (χ3n) is 3.47. The number of unbranched alkanes of at least 4 members (excludes halogenated alkanes) is 1. The molecule has 1 fully saturated rings. The molecule has 1 aliphatic carbocycles. The first-order valence-corrected chi connectivity index (χ1v) is 6.60. The lowest BCUT2D eigenvalue weighted by Gasteiger charge is -2.22. The molecule has 0 aromatic heterocycles. The van der Waals surface area contributed by atoms with Gasteiger partial charge in [-0.05, 0) is 52.9 Å². The van der Waals surface area contributed by atoms with Crippen molar-refractivity contribution in [3.63, 3.8) is 0 Å². The van der Waals surface area contributed by atoms with Gasteiger partial charge in [-0.15, -0.1) is 0 Å². The van der Waals surface area contributed by atoms with Crippen LogP contribution < -0.4 is 0 Å². The van der Waals surface area contributed by atoms with Gasteiger partial charge in [-0.2, -0.15) is 0 Å². The van der Waals surface area contributed by atoms with Crippen LogP contribution in [0, 0.1) is 11.3 Å². The van der Waals surface area contributed by atoms with Gasteiger partial charge in [-0.25, -0.2) is 0 Å². The molecule has 0 radical (unpaired) electrons. The number of carboxylic acid groups (broad SMARTS) is 1. The van der Waals surface area contributed by atoms with Crippen LogP contribution in [-0.2, 0) is 14.3 Å². The van der Waals surface area contributed by atoms with Crippen molar-refractivity contribution in [1.82, 2.24) is 0 Å². The Morgan fingerprint density at radius 2 is 1.94 bits per heavy atom. The summed E-state index contributed by atoms with van der Waals surface area (Å²) in [5.74, 6) is -0.500. The Kier molecular flexibility index (Phi) is 4.41. The highest BCUT2D eigenvalue weighted by molar-refractivity contribution is 5.80. The van der Waals surface area contributed by atoms with Crippen molar-refractivity contribution in [2.24, 2.45) is 11.3 Å². The standard InChI is InChI=1S/C14H24O4/c1-13(2,3)18-12(17)14(4)9-10(14)7-5-6-8-11(15)16/h10H,5-9H2,1-4H3,(H,15,16)/t10-,14-/m0/s1. The van der Waals surface area contributed by atoms with Crippen molar-refractivity contribution in [3.8, 4) is 0 Å². The van der Waals surface area contributed by atoms with Gasteiger partial charge < -0.3 is 9.84 Å². The van der Waals surface area contributed by atoms with E-state index in [0.717, 1.165) is 19.3 Å². The van der Waals surface area contributed by atoms with Crippen LogP contribution in [0.4, 0.5) is 0 Å². The molecule has 4 nitrogen and oxygen atoms in total. The van der Waals surface area contributed by atoms with E-state index in [1.165, 1.54) is 0 Å². The SMILES string of the molecule is CC(C)(C)OC(=O)[C@@]1(C)C[C@@H]1CCCCC(=O)O. The molecule has 1 saturated carbocycles. The van der Waals surface area contributed by atoms with Gasteiger partial charge in [0.25, 0.3) is 0 Å². The number of carbonyl (C=O) groups excluding carboxylic acids is 1. The first-order valence-electron chi connectivity index (χ1n) is 6.60. The second-order valence-electron chi connectivity index (χ2n) is 6.46. The number of carboxylic acids is 1. The lowest BCUT2D eigenvalue weighted by molar-refractivity contribution is -0.161. The highest BCUT2D eigenvalue weighted by Gasteiger charge is 2.57. The average molecular weight is 256 g/mol. The molecule has 4 heteroatoms. The maximum absolute atomic E-state index is 12.0. The monoisotopic (exact) mass is 256 g/mol. The van der Waals surface area contributed by atoms with Crippen LogP contribution in [0.2, 0.25) is 0 Å². The van der Waals surface area contributed by atoms with Gasteiger partial charge in [-0.1, -0.05) is 6.42 Å². The molecule has 0 saturated heterocycles. The van der Waals surface area contributed by atoms with Gasteiger partial charge in [0, 0.05) is 6.42 Å². The number of ether oxygens (including phenoxy) is 1. The number of carbonyl (C=O) groups is 2. The van der Waals surface area contributed by atoms with Crippen LogP contribution >= 0.6 is 0 Å². The topological polar surface area (TPSA) is 63.6 Å². The highest BCUT2D eigenvalue weighted by Crippen LogP contribution is 2.56. The number of hydrogen-bond donors (Lipinski definition) is 1. The van der Waals surface area contributed by atoms with Gasteiger partial charge >= 0.3 is 11.9 Å². The minimum Gasteiger partial charge on any atom is -0.481 e. The normalized spacial score (nSPS) is 26.8. The number of aliphatic carboxylic acids is 1.